The van der Waals surface area contributed by atoms with E-state index >= 15 is 0 Å². The fraction of sp³-hybridized carbons (Fsp3) is 0.778. The van der Waals surface area contributed by atoms with E-state index in [0.717, 1.165) is 10.1 Å². The minimum Gasteiger partial charge on any atom is -0.311 e. The summed E-state index contributed by atoms with van der Waals surface area (Å²) in [6.07, 6.45) is 0.776. The van der Waals surface area contributed by atoms with Crippen LogP contribution in [0.2, 0.25) is 0 Å². The molecule has 1 aromatic heterocycles. The molecule has 0 spiro atoms. The average Bonchev–Trinajstić information content (AvgIpc) is 2.73. The molecule has 7 nitrogen and oxygen atoms in total. The first-order valence-electron chi connectivity index (χ1n) is 5.12. The van der Waals surface area contributed by atoms with E-state index in [-0.39, 0.29) is 0 Å². The van der Waals surface area contributed by atoms with E-state index < -0.39 is 17.2 Å². The van der Waals surface area contributed by atoms with Gasteiger partial charge in [0.15, 0.2) is 6.17 Å². The summed E-state index contributed by atoms with van der Waals surface area (Å²) in [6, 6.07) is 0. The molecule has 0 saturated carbocycles. The monoisotopic (exact) mass is 227 g/mol. The Bertz CT molecular complexity index is 355. The van der Waals surface area contributed by atoms with Crippen molar-refractivity contribution in [2.24, 2.45) is 0 Å². The Balaban J connectivity index is 2.44. The summed E-state index contributed by atoms with van der Waals surface area (Å²) in [7, 11) is 0. The third kappa shape index (κ3) is 1.23. The summed E-state index contributed by atoms with van der Waals surface area (Å²) < 4.78 is 0. The van der Waals surface area contributed by atoms with Gasteiger partial charge in [-0.2, -0.15) is 25.5 Å². The van der Waals surface area contributed by atoms with Crippen LogP contribution in [0.15, 0.2) is 6.20 Å². The van der Waals surface area contributed by atoms with Gasteiger partial charge < -0.3 is 10.4 Å². The number of nitrogens with zero attached hydrogens (tertiary/aromatic N) is 4. The van der Waals surface area contributed by atoms with E-state index in [1.807, 2.05) is 27.7 Å². The SMILES string of the molecule is CC1(C)N(O)C(c2cn[nH]n2)N(O)C1(C)C. The molecular formula is C9H17N5O2. The van der Waals surface area contributed by atoms with Crippen molar-refractivity contribution in [1.82, 2.24) is 25.5 Å². The highest BCUT2D eigenvalue weighted by molar-refractivity contribution is 5.12. The van der Waals surface area contributed by atoms with Crippen LogP contribution in [0.1, 0.15) is 39.6 Å². The third-order valence-corrected chi connectivity index (χ3v) is 3.80. The van der Waals surface area contributed by atoms with E-state index in [1.165, 1.54) is 6.20 Å². The van der Waals surface area contributed by atoms with Crippen LogP contribution in [-0.4, -0.2) is 47.0 Å². The summed E-state index contributed by atoms with van der Waals surface area (Å²) in [4.78, 5) is 0. The van der Waals surface area contributed by atoms with Gasteiger partial charge in [-0.1, -0.05) is 0 Å². The van der Waals surface area contributed by atoms with Crippen LogP contribution in [0.4, 0.5) is 0 Å². The predicted octanol–water partition coefficient (Wildman–Crippen LogP) is 0.757. The van der Waals surface area contributed by atoms with Crippen LogP contribution in [0.25, 0.3) is 0 Å². The smallest absolute Gasteiger partial charge is 0.157 e. The lowest BCUT2D eigenvalue weighted by Crippen LogP contribution is -2.52. The minimum absolute atomic E-state index is 0.476. The van der Waals surface area contributed by atoms with E-state index in [2.05, 4.69) is 15.4 Å². The summed E-state index contributed by atoms with van der Waals surface area (Å²) >= 11 is 0. The molecule has 0 aliphatic carbocycles. The lowest BCUT2D eigenvalue weighted by Gasteiger charge is -2.37. The zero-order valence-corrected chi connectivity index (χ0v) is 9.84. The highest BCUT2D eigenvalue weighted by Crippen LogP contribution is 2.46. The van der Waals surface area contributed by atoms with E-state index in [9.17, 15) is 10.4 Å². The van der Waals surface area contributed by atoms with Gasteiger partial charge in [-0.15, -0.1) is 0 Å². The molecule has 16 heavy (non-hydrogen) atoms. The summed E-state index contributed by atoms with van der Waals surface area (Å²) in [6.45, 7) is 7.43. The van der Waals surface area contributed by atoms with Crippen LogP contribution in [-0.2, 0) is 0 Å². The maximum Gasteiger partial charge on any atom is 0.157 e. The van der Waals surface area contributed by atoms with Gasteiger partial charge in [-0.05, 0) is 27.7 Å². The van der Waals surface area contributed by atoms with Crippen molar-refractivity contribution in [3.8, 4) is 0 Å². The number of hydrogen-bond acceptors (Lipinski definition) is 6. The lowest BCUT2D eigenvalue weighted by atomic mass is 9.84. The van der Waals surface area contributed by atoms with Gasteiger partial charge in [-0.25, -0.2) is 0 Å². The molecule has 90 valence electrons. The van der Waals surface area contributed by atoms with Crippen molar-refractivity contribution in [3.05, 3.63) is 11.9 Å². The van der Waals surface area contributed by atoms with E-state index in [0.29, 0.717) is 5.69 Å². The Morgan fingerprint density at radius 1 is 1.19 bits per heavy atom. The third-order valence-electron chi connectivity index (χ3n) is 3.80. The topological polar surface area (TPSA) is 88.5 Å². The fourth-order valence-electron chi connectivity index (χ4n) is 1.86. The highest BCUT2D eigenvalue weighted by atomic mass is 16.6. The second-order valence-electron chi connectivity index (χ2n) is 5.08. The maximum absolute atomic E-state index is 10.1. The molecule has 1 saturated heterocycles. The molecule has 2 heterocycles. The summed E-state index contributed by atoms with van der Waals surface area (Å²) in [5, 5.41) is 32.5. The number of nitrogens with one attached hydrogen (secondary N) is 1. The predicted molar refractivity (Wildman–Crippen MR) is 54.5 cm³/mol. The van der Waals surface area contributed by atoms with Crippen molar-refractivity contribution in [2.75, 3.05) is 0 Å². The molecule has 0 unspecified atom stereocenters. The maximum atomic E-state index is 10.1. The summed E-state index contributed by atoms with van der Waals surface area (Å²) in [5.74, 6) is 0. The van der Waals surface area contributed by atoms with Crippen molar-refractivity contribution in [2.45, 2.75) is 44.9 Å². The normalized spacial score (nSPS) is 26.4. The van der Waals surface area contributed by atoms with Gasteiger partial charge in [-0.3, -0.25) is 0 Å². The Morgan fingerprint density at radius 2 is 1.69 bits per heavy atom. The van der Waals surface area contributed by atoms with Crippen molar-refractivity contribution < 1.29 is 10.4 Å². The molecule has 0 aromatic carbocycles. The first kappa shape index (κ1) is 11.5. The molecule has 1 aliphatic heterocycles. The number of rotatable bonds is 1. The van der Waals surface area contributed by atoms with Crippen LogP contribution in [0.5, 0.6) is 0 Å². The Hall–Kier alpha value is -1.02. The van der Waals surface area contributed by atoms with Gasteiger partial charge in [0.05, 0.1) is 17.3 Å². The number of aromatic amines is 1. The molecule has 2 rings (SSSR count). The molecule has 0 amide bonds. The lowest BCUT2D eigenvalue weighted by molar-refractivity contribution is -0.224. The minimum atomic E-state index is -0.705. The first-order valence-corrected chi connectivity index (χ1v) is 5.12. The molecule has 0 radical (unpaired) electrons. The quantitative estimate of drug-likeness (QED) is 0.656. The Morgan fingerprint density at radius 3 is 2.06 bits per heavy atom. The molecule has 1 aliphatic rings. The van der Waals surface area contributed by atoms with E-state index in [1.54, 1.807) is 0 Å². The van der Waals surface area contributed by atoms with Gasteiger partial charge in [0.1, 0.15) is 5.69 Å². The molecular weight excluding hydrogens is 210 g/mol. The number of hydrogen-bond donors (Lipinski definition) is 3. The largest absolute Gasteiger partial charge is 0.311 e. The van der Waals surface area contributed by atoms with Crippen LogP contribution in [0.3, 0.4) is 0 Å². The molecule has 1 fully saturated rings. The first-order chi connectivity index (χ1) is 7.30. The second kappa shape index (κ2) is 3.24. The zero-order chi connectivity index (χ0) is 12.1. The highest BCUT2D eigenvalue weighted by Gasteiger charge is 2.59. The van der Waals surface area contributed by atoms with Crippen LogP contribution >= 0.6 is 0 Å². The molecule has 0 bridgehead atoms. The molecule has 1 aromatic rings. The van der Waals surface area contributed by atoms with Crippen molar-refractivity contribution >= 4 is 0 Å². The van der Waals surface area contributed by atoms with Gasteiger partial charge in [0, 0.05) is 0 Å². The number of hydroxylamine groups is 4. The van der Waals surface area contributed by atoms with Gasteiger partial charge >= 0.3 is 0 Å². The van der Waals surface area contributed by atoms with Gasteiger partial charge in [0.2, 0.25) is 0 Å². The summed E-state index contributed by atoms with van der Waals surface area (Å²) in [5.41, 5.74) is -0.736. The average molecular weight is 227 g/mol. The van der Waals surface area contributed by atoms with Crippen LogP contribution < -0.4 is 0 Å². The Kier molecular flexibility index (Phi) is 2.32. The Labute approximate surface area is 93.6 Å². The zero-order valence-electron chi connectivity index (χ0n) is 9.84. The number of aromatic nitrogens is 3. The molecule has 7 heteroatoms. The van der Waals surface area contributed by atoms with Gasteiger partial charge in [0.25, 0.3) is 0 Å². The second-order valence-corrected chi connectivity index (χ2v) is 5.08. The molecule has 0 atom stereocenters. The van der Waals surface area contributed by atoms with E-state index in [4.69, 9.17) is 0 Å². The number of H-pyrrole nitrogens is 1. The molecule has 3 N–H and O–H groups in total. The van der Waals surface area contributed by atoms with Crippen LogP contribution in [0, 0.1) is 0 Å². The van der Waals surface area contributed by atoms with Crippen molar-refractivity contribution in [1.29, 1.82) is 0 Å². The van der Waals surface area contributed by atoms with Crippen molar-refractivity contribution in [3.63, 3.8) is 0 Å². The fourth-order valence-corrected chi connectivity index (χ4v) is 1.86. The standard InChI is InChI=1S/C9H17N5O2/c1-8(2)9(3,4)14(16)7(13(8)15)6-5-10-12-11-6/h5,7,15-16H,1-4H3,(H,10,11,12).